The lowest BCUT2D eigenvalue weighted by Gasteiger charge is -2.24. The average molecular weight is 359 g/mol. The first-order valence-corrected chi connectivity index (χ1v) is 7.57. The minimum Gasteiger partial charge on any atom is -0.465 e. The summed E-state index contributed by atoms with van der Waals surface area (Å²) in [7, 11) is 2.41. The number of methoxy groups -OCH3 is 2. The molecule has 1 aromatic carbocycles. The summed E-state index contributed by atoms with van der Waals surface area (Å²) in [6.07, 6.45) is 6.18. The fraction of sp³-hybridized carbons (Fsp3) is 0.167. The number of aryl methyl sites for hydroxylation is 1. The summed E-state index contributed by atoms with van der Waals surface area (Å²) in [5, 5.41) is 9.87. The second kappa shape index (κ2) is 7.69. The molecule has 0 spiro atoms. The molecular formula is C18H15ClN2O4. The molecule has 7 heteroatoms. The third-order valence-corrected chi connectivity index (χ3v) is 3.95. The topological polar surface area (TPSA) is 79.6 Å². The van der Waals surface area contributed by atoms with Gasteiger partial charge < -0.3 is 14.4 Å². The van der Waals surface area contributed by atoms with E-state index in [9.17, 15) is 14.9 Å². The first-order chi connectivity index (χ1) is 11.9. The zero-order valence-electron chi connectivity index (χ0n) is 13.9. The molecule has 2 rings (SSSR count). The Morgan fingerprint density at radius 3 is 2.44 bits per heavy atom. The summed E-state index contributed by atoms with van der Waals surface area (Å²) in [6, 6.07) is 5.24. The van der Waals surface area contributed by atoms with Gasteiger partial charge in [0.05, 0.1) is 31.0 Å². The van der Waals surface area contributed by atoms with E-state index in [0.29, 0.717) is 16.3 Å². The van der Waals surface area contributed by atoms with Crippen LogP contribution in [0.5, 0.6) is 0 Å². The van der Waals surface area contributed by atoms with Crippen molar-refractivity contribution in [2.75, 3.05) is 19.1 Å². The number of anilines is 1. The van der Waals surface area contributed by atoms with Crippen LogP contribution in [0.4, 0.5) is 5.69 Å². The molecule has 1 aromatic rings. The van der Waals surface area contributed by atoms with Gasteiger partial charge in [0.15, 0.2) is 0 Å². The van der Waals surface area contributed by atoms with Crippen LogP contribution < -0.4 is 4.90 Å². The lowest BCUT2D eigenvalue weighted by atomic mass is 10.1. The molecule has 0 aromatic heterocycles. The van der Waals surface area contributed by atoms with Gasteiger partial charge in [0.2, 0.25) is 0 Å². The van der Waals surface area contributed by atoms with Gasteiger partial charge in [-0.05, 0) is 36.8 Å². The van der Waals surface area contributed by atoms with E-state index in [4.69, 9.17) is 21.1 Å². The molecule has 0 amide bonds. The Labute approximate surface area is 150 Å². The lowest BCUT2D eigenvalue weighted by molar-refractivity contribution is -0.139. The van der Waals surface area contributed by atoms with Crippen LogP contribution in [0, 0.1) is 18.3 Å². The fourth-order valence-electron chi connectivity index (χ4n) is 2.31. The number of carbonyl (C=O) groups is 2. The third kappa shape index (κ3) is 3.57. The van der Waals surface area contributed by atoms with Gasteiger partial charge in [-0.25, -0.2) is 9.59 Å². The predicted molar refractivity (Wildman–Crippen MR) is 92.7 cm³/mol. The van der Waals surface area contributed by atoms with Crippen LogP contribution in [0.25, 0.3) is 0 Å². The minimum absolute atomic E-state index is 0.0000581. The van der Waals surface area contributed by atoms with Gasteiger partial charge in [-0.3, -0.25) is 0 Å². The zero-order valence-corrected chi connectivity index (χ0v) is 14.6. The zero-order chi connectivity index (χ0) is 18.6. The molecule has 0 radical (unpaired) electrons. The van der Waals surface area contributed by atoms with Crippen LogP contribution in [0.2, 0.25) is 5.02 Å². The van der Waals surface area contributed by atoms with Crippen molar-refractivity contribution in [1.29, 1.82) is 5.26 Å². The van der Waals surface area contributed by atoms with Crippen LogP contribution in [-0.2, 0) is 19.1 Å². The molecule has 1 aliphatic rings. The third-order valence-electron chi connectivity index (χ3n) is 3.55. The van der Waals surface area contributed by atoms with Crippen LogP contribution in [0.1, 0.15) is 11.1 Å². The maximum Gasteiger partial charge on any atom is 0.355 e. The van der Waals surface area contributed by atoms with Gasteiger partial charge in [-0.2, -0.15) is 5.26 Å². The number of carbonyl (C=O) groups excluding carboxylic acids is 2. The first kappa shape index (κ1) is 18.3. The van der Waals surface area contributed by atoms with E-state index in [1.54, 1.807) is 37.4 Å². The summed E-state index contributed by atoms with van der Waals surface area (Å²) in [6.45, 7) is 1.77. The van der Waals surface area contributed by atoms with Gasteiger partial charge in [0, 0.05) is 11.2 Å². The van der Waals surface area contributed by atoms with Crippen molar-refractivity contribution in [3.63, 3.8) is 0 Å². The molecular weight excluding hydrogens is 344 g/mol. The molecule has 0 unspecified atom stereocenters. The quantitative estimate of drug-likeness (QED) is 0.773. The molecule has 0 saturated carbocycles. The standard InChI is InChI=1S/C18H15ClN2O4/c1-11-8-12(10-20)15(9-14(11)19)21-7-5-4-6-13(17(22)24-2)16(21)18(23)25-3/h4-9H,1-3H3. The summed E-state index contributed by atoms with van der Waals surface area (Å²) in [5.74, 6) is -1.46. The Bertz CT molecular complexity index is 863. The second-order valence-electron chi connectivity index (χ2n) is 5.05. The SMILES string of the molecule is COC(=O)C1=C(C(=O)OC)N(c2cc(Cl)c(C)cc2C#N)C=CC=C1. The Morgan fingerprint density at radius 1 is 1.16 bits per heavy atom. The van der Waals surface area contributed by atoms with E-state index in [-0.39, 0.29) is 11.3 Å². The van der Waals surface area contributed by atoms with Gasteiger partial charge in [0.1, 0.15) is 11.8 Å². The highest BCUT2D eigenvalue weighted by molar-refractivity contribution is 6.31. The predicted octanol–water partition coefficient (Wildman–Crippen LogP) is 3.01. The number of ether oxygens (including phenoxy) is 2. The summed E-state index contributed by atoms with van der Waals surface area (Å²) >= 11 is 6.19. The van der Waals surface area contributed by atoms with Gasteiger partial charge in [0.25, 0.3) is 0 Å². The number of allylic oxidation sites excluding steroid dienone is 2. The van der Waals surface area contributed by atoms with E-state index >= 15 is 0 Å². The van der Waals surface area contributed by atoms with Crippen molar-refractivity contribution < 1.29 is 19.1 Å². The summed E-state index contributed by atoms with van der Waals surface area (Å²) < 4.78 is 9.57. The van der Waals surface area contributed by atoms with Gasteiger partial charge in [-0.1, -0.05) is 17.7 Å². The molecule has 0 N–H and O–H groups in total. The first-order valence-electron chi connectivity index (χ1n) is 7.19. The van der Waals surface area contributed by atoms with E-state index in [1.807, 2.05) is 0 Å². The molecule has 1 aliphatic heterocycles. The number of benzene rings is 1. The number of hydrogen-bond acceptors (Lipinski definition) is 6. The highest BCUT2D eigenvalue weighted by Gasteiger charge is 2.28. The van der Waals surface area contributed by atoms with E-state index in [1.165, 1.54) is 25.2 Å². The number of hydrogen-bond donors (Lipinski definition) is 0. The van der Waals surface area contributed by atoms with Crippen LogP contribution in [-0.4, -0.2) is 26.2 Å². The highest BCUT2D eigenvalue weighted by atomic mass is 35.5. The second-order valence-corrected chi connectivity index (χ2v) is 5.45. The largest absolute Gasteiger partial charge is 0.465 e. The van der Waals surface area contributed by atoms with Crippen molar-refractivity contribution in [3.05, 3.63) is 64.0 Å². The smallest absolute Gasteiger partial charge is 0.355 e. The number of esters is 2. The molecule has 0 aliphatic carbocycles. The molecule has 1 heterocycles. The van der Waals surface area contributed by atoms with Crippen LogP contribution >= 0.6 is 11.6 Å². The van der Waals surface area contributed by atoms with E-state index < -0.39 is 11.9 Å². The van der Waals surface area contributed by atoms with Crippen molar-refractivity contribution in [3.8, 4) is 6.07 Å². The Kier molecular flexibility index (Phi) is 5.63. The Morgan fingerprint density at radius 2 is 1.84 bits per heavy atom. The average Bonchev–Trinajstić information content (AvgIpc) is 2.85. The Balaban J connectivity index is 2.78. The van der Waals surface area contributed by atoms with Gasteiger partial charge >= 0.3 is 11.9 Å². The maximum atomic E-state index is 12.4. The normalized spacial score (nSPS) is 13.3. The van der Waals surface area contributed by atoms with Crippen molar-refractivity contribution in [2.45, 2.75) is 6.92 Å². The number of nitriles is 1. The summed E-state index contributed by atoms with van der Waals surface area (Å²) in [5.41, 5.74) is 1.28. The van der Waals surface area contributed by atoms with Crippen molar-refractivity contribution in [2.24, 2.45) is 0 Å². The maximum absolute atomic E-state index is 12.4. The molecule has 0 atom stereocenters. The number of halogens is 1. The molecule has 0 bridgehead atoms. The summed E-state index contributed by atoms with van der Waals surface area (Å²) in [4.78, 5) is 25.9. The Hall–Kier alpha value is -3.04. The van der Waals surface area contributed by atoms with E-state index in [2.05, 4.69) is 6.07 Å². The lowest BCUT2D eigenvalue weighted by Crippen LogP contribution is -2.27. The monoisotopic (exact) mass is 358 g/mol. The van der Waals surface area contributed by atoms with Gasteiger partial charge in [-0.15, -0.1) is 0 Å². The molecule has 128 valence electrons. The highest BCUT2D eigenvalue weighted by Crippen LogP contribution is 2.32. The fourth-order valence-corrected chi connectivity index (χ4v) is 2.47. The van der Waals surface area contributed by atoms with Crippen LogP contribution in [0.15, 0.2) is 47.8 Å². The van der Waals surface area contributed by atoms with Crippen molar-refractivity contribution >= 4 is 29.2 Å². The van der Waals surface area contributed by atoms with Crippen LogP contribution in [0.3, 0.4) is 0 Å². The number of nitrogens with zero attached hydrogens (tertiary/aromatic N) is 2. The van der Waals surface area contributed by atoms with E-state index in [0.717, 1.165) is 5.56 Å². The number of rotatable bonds is 3. The molecule has 0 fully saturated rings. The molecule has 6 nitrogen and oxygen atoms in total. The van der Waals surface area contributed by atoms with Crippen molar-refractivity contribution in [1.82, 2.24) is 0 Å². The molecule has 25 heavy (non-hydrogen) atoms. The minimum atomic E-state index is -0.753. The molecule has 0 saturated heterocycles.